The van der Waals surface area contributed by atoms with Crippen molar-refractivity contribution in [2.24, 2.45) is 11.3 Å². The second-order valence-electron chi connectivity index (χ2n) is 19.2. The molecule has 17 heteroatoms. The number of benzene rings is 2. The largest absolute Gasteiger partial charge is 0.496 e. The minimum Gasteiger partial charge on any atom is -0.496 e. The maximum Gasteiger partial charge on any atom is 0.416 e. The maximum absolute atomic E-state index is 15.1. The number of thiazole rings is 1. The first-order valence-corrected chi connectivity index (χ1v) is 24.2. The van der Waals surface area contributed by atoms with Gasteiger partial charge < -0.3 is 25.0 Å². The van der Waals surface area contributed by atoms with Crippen LogP contribution in [-0.4, -0.2) is 83.3 Å². The van der Waals surface area contributed by atoms with Crippen molar-refractivity contribution >= 4 is 49.8 Å². The van der Waals surface area contributed by atoms with Crippen molar-refractivity contribution in [1.82, 2.24) is 24.9 Å². The highest BCUT2D eigenvalue weighted by molar-refractivity contribution is 7.90. The van der Waals surface area contributed by atoms with Gasteiger partial charge in [-0.05, 0) is 86.6 Å². The number of nitrogens with one attached hydrogen (secondary N) is 3. The fraction of sp³-hybridized carbons (Fsp3) is 0.565. The van der Waals surface area contributed by atoms with E-state index in [4.69, 9.17) is 19.4 Å². The summed E-state index contributed by atoms with van der Waals surface area (Å²) in [6, 6.07) is 8.14. The number of methoxy groups -OCH3 is 1. The molecule has 3 N–H and O–H groups in total. The Hall–Kier alpha value is -4.48. The van der Waals surface area contributed by atoms with Crippen LogP contribution in [0.5, 0.6) is 11.5 Å². The van der Waals surface area contributed by atoms with E-state index in [1.54, 1.807) is 7.11 Å². The molecule has 340 valence electrons. The zero-order valence-corrected chi connectivity index (χ0v) is 38.6. The number of halogens is 3. The number of alkyl halides is 3. The highest BCUT2D eigenvalue weighted by Gasteiger charge is 2.73. The lowest BCUT2D eigenvalue weighted by atomic mass is 9.85. The molecule has 2 aromatic carbocycles. The zero-order chi connectivity index (χ0) is 45.4. The van der Waals surface area contributed by atoms with Gasteiger partial charge in [0.05, 0.1) is 46.8 Å². The van der Waals surface area contributed by atoms with Gasteiger partial charge in [-0.3, -0.25) is 9.59 Å². The smallest absolute Gasteiger partial charge is 0.416 e. The quantitative estimate of drug-likeness (QED) is 0.107. The standard InChI is InChI=1S/C46H57F3N6O6S2/c1-9-27-22-45(27,44(17-18-44)54-63(58,59)31-13-14-31)53-40(56)35-20-30(23-55(35)42(57)39(43(5,6)7)50-29-12-10-11-28(19-29)46(47,48)49)61-37-21-33(41-52-34(24-62-41)25(2)3)51-38-26(4)36(60-8)16-15-32(37)38/h10-12,15-16,19,21,24-25,27,30-31,35,39,50,54H,9,13-14,17-18,20,22-23H2,1-8H3,(H,53,56)/t27-,30-,35+,39-,45-/m1/s1. The molecule has 1 saturated heterocycles. The minimum atomic E-state index is -4.60. The third kappa shape index (κ3) is 8.73. The Balaban J connectivity index is 1.16. The molecule has 1 aliphatic heterocycles. The van der Waals surface area contributed by atoms with Gasteiger partial charge in [-0.2, -0.15) is 13.2 Å². The lowest BCUT2D eigenvalue weighted by molar-refractivity contribution is -0.141. The molecule has 2 aromatic heterocycles. The van der Waals surface area contributed by atoms with Gasteiger partial charge in [-0.15, -0.1) is 11.3 Å². The third-order valence-corrected chi connectivity index (χ3v) is 16.2. The summed E-state index contributed by atoms with van der Waals surface area (Å²) in [5.41, 5.74) is -0.266. The molecule has 3 heterocycles. The normalized spacial score (nSPS) is 23.7. The van der Waals surface area contributed by atoms with Gasteiger partial charge in [-0.1, -0.05) is 54.0 Å². The molecule has 0 spiro atoms. The van der Waals surface area contributed by atoms with E-state index >= 15 is 4.79 Å². The number of fused-ring (bicyclic) bond motifs is 1. The van der Waals surface area contributed by atoms with E-state index in [9.17, 15) is 26.4 Å². The van der Waals surface area contributed by atoms with E-state index < -0.39 is 73.5 Å². The molecule has 3 saturated carbocycles. The van der Waals surface area contributed by atoms with Crippen molar-refractivity contribution in [2.75, 3.05) is 19.0 Å². The highest BCUT2D eigenvalue weighted by Crippen LogP contribution is 2.62. The first-order chi connectivity index (χ1) is 29.6. The van der Waals surface area contributed by atoms with Gasteiger partial charge in [0, 0.05) is 34.5 Å². The molecule has 0 bridgehead atoms. The van der Waals surface area contributed by atoms with Crippen molar-refractivity contribution in [2.45, 2.75) is 140 Å². The monoisotopic (exact) mass is 910 g/mol. The number of amides is 2. The summed E-state index contributed by atoms with van der Waals surface area (Å²) in [6.45, 7) is 13.5. The molecule has 0 radical (unpaired) electrons. The van der Waals surface area contributed by atoms with Gasteiger partial charge in [0.2, 0.25) is 21.8 Å². The molecule has 8 rings (SSSR count). The lowest BCUT2D eigenvalue weighted by Crippen LogP contribution is -2.61. The molecule has 4 fully saturated rings. The summed E-state index contributed by atoms with van der Waals surface area (Å²) in [5, 5.41) is 9.39. The Morgan fingerprint density at radius 1 is 1.05 bits per heavy atom. The number of nitrogens with zero attached hydrogens (tertiary/aromatic N) is 3. The van der Waals surface area contributed by atoms with Crippen molar-refractivity contribution in [3.05, 3.63) is 64.7 Å². The highest BCUT2D eigenvalue weighted by atomic mass is 32.2. The number of hydrogen-bond donors (Lipinski definition) is 3. The summed E-state index contributed by atoms with van der Waals surface area (Å²) in [7, 11) is -1.99. The van der Waals surface area contributed by atoms with Gasteiger partial charge in [0.1, 0.15) is 40.4 Å². The van der Waals surface area contributed by atoms with Crippen LogP contribution in [0.2, 0.25) is 0 Å². The van der Waals surface area contributed by atoms with Crippen LogP contribution >= 0.6 is 11.3 Å². The number of hydrogen-bond acceptors (Lipinski definition) is 10. The fourth-order valence-electron chi connectivity index (χ4n) is 9.28. The zero-order valence-electron chi connectivity index (χ0n) is 37.0. The maximum atomic E-state index is 15.1. The summed E-state index contributed by atoms with van der Waals surface area (Å²) < 4.78 is 83.7. The summed E-state index contributed by atoms with van der Waals surface area (Å²) in [5.74, 6) is 0.433. The molecule has 5 atom stereocenters. The fourth-order valence-corrected chi connectivity index (χ4v) is 12.1. The van der Waals surface area contributed by atoms with E-state index in [1.165, 1.54) is 28.4 Å². The Kier molecular flexibility index (Phi) is 11.6. The molecule has 3 aliphatic carbocycles. The van der Waals surface area contributed by atoms with Crippen LogP contribution in [0.4, 0.5) is 18.9 Å². The Morgan fingerprint density at radius 2 is 1.78 bits per heavy atom. The summed E-state index contributed by atoms with van der Waals surface area (Å²) >= 11 is 1.47. The van der Waals surface area contributed by atoms with Crippen LogP contribution in [0.3, 0.4) is 0 Å². The minimum absolute atomic E-state index is 0.0134. The molecule has 4 aliphatic rings. The van der Waals surface area contributed by atoms with Gasteiger partial charge in [-0.25, -0.2) is 23.1 Å². The molecule has 12 nitrogen and oxygen atoms in total. The third-order valence-electron chi connectivity index (χ3n) is 13.3. The van der Waals surface area contributed by atoms with Crippen LogP contribution in [0, 0.1) is 18.3 Å². The van der Waals surface area contributed by atoms with E-state index in [1.807, 2.05) is 58.2 Å². The Bertz CT molecular complexity index is 2530. The van der Waals surface area contributed by atoms with Gasteiger partial charge >= 0.3 is 6.18 Å². The van der Waals surface area contributed by atoms with E-state index in [-0.39, 0.29) is 30.5 Å². The lowest BCUT2D eigenvalue weighted by Gasteiger charge is -2.37. The number of carbonyl (C=O) groups is 2. The number of sulfonamides is 1. The van der Waals surface area contributed by atoms with Crippen LogP contribution in [0.1, 0.15) is 109 Å². The number of carbonyl (C=O) groups excluding carboxylic acids is 2. The molecule has 63 heavy (non-hydrogen) atoms. The predicted molar refractivity (Wildman–Crippen MR) is 237 cm³/mol. The first kappa shape index (κ1) is 45.1. The van der Waals surface area contributed by atoms with Crippen molar-refractivity contribution in [3.63, 3.8) is 0 Å². The van der Waals surface area contributed by atoms with E-state index in [0.717, 1.165) is 29.8 Å². The van der Waals surface area contributed by atoms with Crippen LogP contribution in [0.15, 0.2) is 47.8 Å². The number of rotatable bonds is 15. The Morgan fingerprint density at radius 3 is 2.37 bits per heavy atom. The van der Waals surface area contributed by atoms with Crippen molar-refractivity contribution in [3.8, 4) is 22.2 Å². The number of ether oxygens (including phenoxy) is 2. The molecular formula is C46H57F3N6O6S2. The SMILES string of the molecule is CC[C@@H]1C[C@]1(NC(=O)[C@@H]1C[C@@H](Oc2cc(-c3nc(C(C)C)cs3)nc3c(C)c(OC)ccc23)CN1C(=O)[C@@H](Nc1cccc(C(F)(F)F)c1)C(C)(C)C)C1(NS(=O)(=O)C2CC2)CC1. The van der Waals surface area contributed by atoms with Crippen LogP contribution in [0.25, 0.3) is 21.6 Å². The average Bonchev–Trinajstić information content (AvgIpc) is 4.18. The number of anilines is 1. The van der Waals surface area contributed by atoms with Crippen LogP contribution in [-0.2, 0) is 25.8 Å². The van der Waals surface area contributed by atoms with Crippen molar-refractivity contribution < 1.29 is 40.7 Å². The molecule has 4 aromatic rings. The van der Waals surface area contributed by atoms with E-state index in [0.29, 0.717) is 65.2 Å². The van der Waals surface area contributed by atoms with Crippen molar-refractivity contribution in [1.29, 1.82) is 0 Å². The first-order valence-electron chi connectivity index (χ1n) is 21.8. The summed E-state index contributed by atoms with van der Waals surface area (Å²) in [6.07, 6.45) is -1.52. The average molecular weight is 911 g/mol. The number of pyridine rings is 1. The topological polar surface area (TPSA) is 152 Å². The second-order valence-corrected chi connectivity index (χ2v) is 22.0. The van der Waals surface area contributed by atoms with Crippen LogP contribution < -0.4 is 24.8 Å². The molecular weight excluding hydrogens is 854 g/mol. The molecule has 2 amide bonds. The van der Waals surface area contributed by atoms with Gasteiger partial charge in [0.25, 0.3) is 0 Å². The second kappa shape index (κ2) is 16.2. The number of likely N-dealkylation sites (tertiary alicyclic amines) is 1. The summed E-state index contributed by atoms with van der Waals surface area (Å²) in [4.78, 5) is 41.4. The number of aromatic nitrogens is 2. The Labute approximate surface area is 371 Å². The van der Waals surface area contributed by atoms with Gasteiger partial charge in [0.15, 0.2) is 0 Å². The van der Waals surface area contributed by atoms with E-state index in [2.05, 4.69) is 29.2 Å². The predicted octanol–water partition coefficient (Wildman–Crippen LogP) is 8.59. The number of aryl methyl sites for hydroxylation is 1. The molecule has 0 unspecified atom stereocenters.